The van der Waals surface area contributed by atoms with Gasteiger partial charge in [-0.2, -0.15) is 5.10 Å². The number of amides is 1. The lowest BCUT2D eigenvalue weighted by atomic mass is 10.0. The van der Waals surface area contributed by atoms with Crippen molar-refractivity contribution in [1.82, 2.24) is 20.1 Å². The summed E-state index contributed by atoms with van der Waals surface area (Å²) >= 11 is 1.39. The zero-order valence-electron chi connectivity index (χ0n) is 17.7. The van der Waals surface area contributed by atoms with Crippen LogP contribution >= 0.6 is 11.3 Å². The number of nitrogens with zero attached hydrogens (tertiary/aromatic N) is 3. The van der Waals surface area contributed by atoms with Crippen LogP contribution in [-0.2, 0) is 6.42 Å². The minimum Gasteiger partial charge on any atom is -0.497 e. The van der Waals surface area contributed by atoms with Crippen LogP contribution < -0.4 is 10.1 Å². The number of benzene rings is 1. The van der Waals surface area contributed by atoms with Gasteiger partial charge >= 0.3 is 0 Å². The van der Waals surface area contributed by atoms with E-state index in [1.807, 2.05) is 30.7 Å². The Labute approximate surface area is 175 Å². The zero-order valence-corrected chi connectivity index (χ0v) is 18.5. The predicted molar refractivity (Wildman–Crippen MR) is 116 cm³/mol. The number of carbonyl (C=O) groups is 1. The van der Waals surface area contributed by atoms with E-state index >= 15 is 0 Å². The molecular formula is C22H28N4O2S. The van der Waals surface area contributed by atoms with Crippen molar-refractivity contribution < 1.29 is 9.53 Å². The van der Waals surface area contributed by atoms with Crippen molar-refractivity contribution in [3.63, 3.8) is 0 Å². The number of unbranched alkanes of at least 4 members (excludes halogenated alkanes) is 1. The Morgan fingerprint density at radius 2 is 1.90 bits per heavy atom. The topological polar surface area (TPSA) is 69.0 Å². The maximum absolute atomic E-state index is 12.5. The molecule has 0 bridgehead atoms. The fourth-order valence-corrected chi connectivity index (χ4v) is 4.19. The van der Waals surface area contributed by atoms with Gasteiger partial charge in [-0.25, -0.2) is 9.67 Å². The van der Waals surface area contributed by atoms with Crippen LogP contribution in [0, 0.1) is 20.8 Å². The van der Waals surface area contributed by atoms with Gasteiger partial charge in [-0.3, -0.25) is 4.79 Å². The van der Waals surface area contributed by atoms with E-state index in [9.17, 15) is 4.79 Å². The third-order valence-corrected chi connectivity index (χ3v) is 6.10. The van der Waals surface area contributed by atoms with E-state index in [1.165, 1.54) is 22.5 Å². The van der Waals surface area contributed by atoms with Crippen LogP contribution in [0.5, 0.6) is 5.75 Å². The lowest BCUT2D eigenvalue weighted by Gasteiger charge is -2.05. The average Bonchev–Trinajstić information content (AvgIpc) is 3.23. The van der Waals surface area contributed by atoms with E-state index in [0.29, 0.717) is 11.4 Å². The highest BCUT2D eigenvalue weighted by atomic mass is 32.1. The molecule has 0 aliphatic carbocycles. The van der Waals surface area contributed by atoms with Crippen molar-refractivity contribution in [3.8, 4) is 10.9 Å². The number of thiazole rings is 1. The fraction of sp³-hybridized carbons (Fsp3) is 0.409. The first-order chi connectivity index (χ1) is 13.9. The molecule has 0 spiro atoms. The zero-order chi connectivity index (χ0) is 21.0. The Hall–Kier alpha value is -2.67. The number of ether oxygens (including phenoxy) is 1. The van der Waals surface area contributed by atoms with Gasteiger partial charge in [-0.05, 0) is 44.9 Å². The summed E-state index contributed by atoms with van der Waals surface area (Å²) in [6.07, 6.45) is 2.81. The molecule has 0 saturated carbocycles. The number of nitrogens with one attached hydrogen (secondary N) is 1. The smallest absolute Gasteiger partial charge is 0.263 e. The molecule has 1 aromatic carbocycles. The largest absolute Gasteiger partial charge is 0.497 e. The Morgan fingerprint density at radius 1 is 1.17 bits per heavy atom. The summed E-state index contributed by atoms with van der Waals surface area (Å²) in [5.41, 5.74) is 5.13. The Morgan fingerprint density at radius 3 is 2.55 bits per heavy atom. The highest BCUT2D eigenvalue weighted by Crippen LogP contribution is 2.26. The molecule has 0 saturated heterocycles. The second kappa shape index (κ2) is 9.22. The van der Waals surface area contributed by atoms with Crippen LogP contribution in [0.4, 0.5) is 0 Å². The second-order valence-electron chi connectivity index (χ2n) is 7.11. The van der Waals surface area contributed by atoms with Gasteiger partial charge in [-0.15, -0.1) is 0 Å². The Kier molecular flexibility index (Phi) is 6.69. The van der Waals surface area contributed by atoms with Gasteiger partial charge in [0.1, 0.15) is 10.6 Å². The highest BCUT2D eigenvalue weighted by molar-refractivity contribution is 7.16. The van der Waals surface area contributed by atoms with E-state index in [1.54, 1.807) is 7.11 Å². The van der Waals surface area contributed by atoms with Crippen LogP contribution in [0.15, 0.2) is 24.3 Å². The molecule has 2 aromatic heterocycles. The molecule has 2 heterocycles. The van der Waals surface area contributed by atoms with Gasteiger partial charge in [0.15, 0.2) is 0 Å². The van der Waals surface area contributed by atoms with E-state index in [-0.39, 0.29) is 5.91 Å². The average molecular weight is 413 g/mol. The first-order valence-corrected chi connectivity index (χ1v) is 10.7. The third-order valence-electron chi connectivity index (χ3n) is 4.97. The number of hydrogen-bond acceptors (Lipinski definition) is 5. The number of carbonyl (C=O) groups excluding carboxylic acids is 1. The molecule has 0 fully saturated rings. The molecule has 7 heteroatoms. The number of methoxy groups -OCH3 is 1. The lowest BCUT2D eigenvalue weighted by molar-refractivity contribution is 0.0956. The predicted octanol–water partition coefficient (Wildman–Crippen LogP) is 4.38. The van der Waals surface area contributed by atoms with Crippen LogP contribution in [0.1, 0.15) is 57.6 Å². The molecule has 1 amide bonds. The van der Waals surface area contributed by atoms with Crippen molar-refractivity contribution >= 4 is 17.2 Å². The molecule has 154 valence electrons. The summed E-state index contributed by atoms with van der Waals surface area (Å²) in [6.45, 7) is 8.74. The van der Waals surface area contributed by atoms with Crippen molar-refractivity contribution in [1.29, 1.82) is 0 Å². The molecule has 3 rings (SSSR count). The van der Waals surface area contributed by atoms with Gasteiger partial charge in [0.05, 0.1) is 18.5 Å². The number of aromatic nitrogens is 3. The lowest BCUT2D eigenvalue weighted by Crippen LogP contribution is -2.24. The van der Waals surface area contributed by atoms with Crippen molar-refractivity contribution in [2.45, 2.75) is 47.0 Å². The Bertz CT molecular complexity index is 989. The highest BCUT2D eigenvalue weighted by Gasteiger charge is 2.20. The molecule has 29 heavy (non-hydrogen) atoms. The van der Waals surface area contributed by atoms with Crippen LogP contribution in [0.2, 0.25) is 0 Å². The minimum atomic E-state index is -0.0558. The fourth-order valence-electron chi connectivity index (χ4n) is 3.21. The van der Waals surface area contributed by atoms with Crippen molar-refractivity contribution in [2.75, 3.05) is 13.7 Å². The molecule has 0 radical (unpaired) electrons. The maximum Gasteiger partial charge on any atom is 0.263 e. The summed E-state index contributed by atoms with van der Waals surface area (Å²) in [4.78, 5) is 17.7. The van der Waals surface area contributed by atoms with Crippen LogP contribution in [0.3, 0.4) is 0 Å². The molecular weight excluding hydrogens is 384 g/mol. The second-order valence-corrected chi connectivity index (χ2v) is 8.08. The van der Waals surface area contributed by atoms with Crippen molar-refractivity contribution in [3.05, 3.63) is 57.4 Å². The van der Waals surface area contributed by atoms with Crippen LogP contribution in [-0.4, -0.2) is 34.3 Å². The normalized spacial score (nSPS) is 10.9. The standard InChI is InChI=1S/C22H28N4O2S/c1-6-7-12-23-21(27)20-15(3)24-22(29-20)26-16(4)19(14(2)25-26)13-17-8-10-18(28-5)11-9-17/h8-11H,6-7,12-13H2,1-5H3,(H,23,27). The number of hydrogen-bond donors (Lipinski definition) is 1. The summed E-state index contributed by atoms with van der Waals surface area (Å²) in [5.74, 6) is 0.792. The Balaban J connectivity index is 1.84. The molecule has 3 aromatic rings. The number of rotatable bonds is 8. The maximum atomic E-state index is 12.5. The van der Waals surface area contributed by atoms with Gasteiger partial charge in [-0.1, -0.05) is 36.8 Å². The van der Waals surface area contributed by atoms with E-state index in [0.717, 1.165) is 47.2 Å². The van der Waals surface area contributed by atoms with E-state index in [2.05, 4.69) is 36.3 Å². The van der Waals surface area contributed by atoms with Crippen LogP contribution in [0.25, 0.3) is 5.13 Å². The summed E-state index contributed by atoms with van der Waals surface area (Å²) in [7, 11) is 1.67. The quantitative estimate of drug-likeness (QED) is 0.557. The van der Waals surface area contributed by atoms with Gasteiger partial charge < -0.3 is 10.1 Å². The first-order valence-electron chi connectivity index (χ1n) is 9.88. The van der Waals surface area contributed by atoms with Gasteiger partial charge in [0.25, 0.3) is 5.91 Å². The minimum absolute atomic E-state index is 0.0558. The molecule has 1 N–H and O–H groups in total. The van der Waals surface area contributed by atoms with E-state index < -0.39 is 0 Å². The molecule has 0 aliphatic heterocycles. The van der Waals surface area contributed by atoms with E-state index in [4.69, 9.17) is 9.84 Å². The van der Waals surface area contributed by atoms with Crippen molar-refractivity contribution in [2.24, 2.45) is 0 Å². The monoisotopic (exact) mass is 412 g/mol. The molecule has 0 atom stereocenters. The number of aryl methyl sites for hydroxylation is 2. The summed E-state index contributed by atoms with van der Waals surface area (Å²) in [6, 6.07) is 8.08. The molecule has 0 aliphatic rings. The molecule has 0 unspecified atom stereocenters. The summed E-state index contributed by atoms with van der Waals surface area (Å²) < 4.78 is 7.09. The van der Waals surface area contributed by atoms with Gasteiger partial charge in [0, 0.05) is 24.2 Å². The molecule has 6 nitrogen and oxygen atoms in total. The summed E-state index contributed by atoms with van der Waals surface area (Å²) in [5, 5.41) is 8.40. The SMILES string of the molecule is CCCCNC(=O)c1sc(-n2nc(C)c(Cc3ccc(OC)cc3)c2C)nc1C. The first kappa shape index (κ1) is 21.0. The third kappa shape index (κ3) is 4.67. The van der Waals surface area contributed by atoms with Gasteiger partial charge in [0.2, 0.25) is 5.13 Å².